The fraction of sp³-hybridized carbons (Fsp3) is 0.364. The normalized spacial score (nSPS) is 12.4. The fourth-order valence-electron chi connectivity index (χ4n) is 2.80. The molecular weight excluding hydrogens is 459 g/mol. The Labute approximate surface area is 184 Å². The molecule has 4 nitrogen and oxygen atoms in total. The van der Waals surface area contributed by atoms with Gasteiger partial charge in [0.2, 0.25) is 11.8 Å². The molecule has 2 aromatic rings. The molecule has 1 atom stereocenters. The van der Waals surface area contributed by atoms with Gasteiger partial charge in [0.05, 0.1) is 6.42 Å². The van der Waals surface area contributed by atoms with Crippen LogP contribution in [0.2, 0.25) is 5.02 Å². The van der Waals surface area contributed by atoms with E-state index >= 15 is 0 Å². The average molecular weight is 484 g/mol. The lowest BCUT2D eigenvalue weighted by molar-refractivity contribution is -0.140. The van der Waals surface area contributed by atoms with Crippen molar-refractivity contribution in [3.8, 4) is 0 Å². The second-order valence-electron chi connectivity index (χ2n) is 7.94. The zero-order valence-corrected chi connectivity index (χ0v) is 19.3. The fourth-order valence-corrected chi connectivity index (χ4v) is 3.29. The maximum Gasteiger partial charge on any atom is 0.242 e. The van der Waals surface area contributed by atoms with Crippen molar-refractivity contribution in [3.63, 3.8) is 0 Å². The van der Waals surface area contributed by atoms with Crippen molar-refractivity contribution in [2.75, 3.05) is 0 Å². The SMILES string of the molecule is CC(C(=O)NC(C)(C)C)N(Cc1ccc(Br)cc1)C(=O)Cc1c(F)cccc1Cl. The standard InChI is InChI=1S/C22H25BrClFN2O2/c1-14(21(29)26-22(2,3)4)27(13-15-8-10-16(23)11-9-15)20(28)12-17-18(24)6-5-7-19(17)25/h5-11,14H,12-13H2,1-4H3,(H,26,29). The Balaban J connectivity index is 2.30. The lowest BCUT2D eigenvalue weighted by atomic mass is 10.1. The van der Waals surface area contributed by atoms with E-state index in [1.165, 1.54) is 17.0 Å². The number of hydrogen-bond acceptors (Lipinski definition) is 2. The van der Waals surface area contributed by atoms with E-state index in [4.69, 9.17) is 11.6 Å². The Morgan fingerprint density at radius 2 is 1.79 bits per heavy atom. The zero-order valence-electron chi connectivity index (χ0n) is 16.9. The number of nitrogens with one attached hydrogen (secondary N) is 1. The molecule has 0 aliphatic heterocycles. The number of hydrogen-bond donors (Lipinski definition) is 1. The van der Waals surface area contributed by atoms with Crippen LogP contribution in [0.3, 0.4) is 0 Å². The van der Waals surface area contributed by atoms with E-state index in [-0.39, 0.29) is 35.4 Å². The van der Waals surface area contributed by atoms with E-state index in [1.54, 1.807) is 13.0 Å². The Kier molecular flexibility index (Phi) is 7.83. The number of rotatable bonds is 6. The van der Waals surface area contributed by atoms with Crippen LogP contribution in [0.4, 0.5) is 4.39 Å². The summed E-state index contributed by atoms with van der Waals surface area (Å²) in [4.78, 5) is 27.3. The third-order valence-corrected chi connectivity index (χ3v) is 5.20. The van der Waals surface area contributed by atoms with Crippen molar-refractivity contribution < 1.29 is 14.0 Å². The summed E-state index contributed by atoms with van der Waals surface area (Å²) < 4.78 is 15.1. The van der Waals surface area contributed by atoms with Gasteiger partial charge in [0.25, 0.3) is 0 Å². The number of halogens is 3. The van der Waals surface area contributed by atoms with Crippen LogP contribution < -0.4 is 5.32 Å². The lowest BCUT2D eigenvalue weighted by Gasteiger charge is -2.31. The van der Waals surface area contributed by atoms with Crippen LogP contribution in [-0.2, 0) is 22.6 Å². The minimum atomic E-state index is -0.740. The first-order valence-corrected chi connectivity index (χ1v) is 10.4. The van der Waals surface area contributed by atoms with Gasteiger partial charge in [0.1, 0.15) is 11.9 Å². The third kappa shape index (κ3) is 6.82. The maximum absolute atomic E-state index is 14.2. The maximum atomic E-state index is 14.2. The van der Waals surface area contributed by atoms with Crippen LogP contribution >= 0.6 is 27.5 Å². The van der Waals surface area contributed by atoms with E-state index < -0.39 is 17.4 Å². The van der Waals surface area contributed by atoms with Gasteiger partial charge in [-0.3, -0.25) is 9.59 Å². The third-order valence-electron chi connectivity index (χ3n) is 4.32. The highest BCUT2D eigenvalue weighted by molar-refractivity contribution is 9.10. The molecule has 0 bridgehead atoms. The second kappa shape index (κ2) is 9.72. The smallest absolute Gasteiger partial charge is 0.242 e. The van der Waals surface area contributed by atoms with Crippen LogP contribution in [0.1, 0.15) is 38.8 Å². The molecule has 0 aromatic heterocycles. The number of benzene rings is 2. The highest BCUT2D eigenvalue weighted by Gasteiger charge is 2.29. The molecule has 0 saturated heterocycles. The lowest BCUT2D eigenvalue weighted by Crippen LogP contribution is -2.52. The first kappa shape index (κ1) is 23.4. The van der Waals surface area contributed by atoms with Crippen LogP contribution in [0.25, 0.3) is 0 Å². The summed E-state index contributed by atoms with van der Waals surface area (Å²) in [6, 6.07) is 11.0. The molecule has 1 unspecified atom stereocenters. The number of nitrogens with zero attached hydrogens (tertiary/aromatic N) is 1. The second-order valence-corrected chi connectivity index (χ2v) is 9.26. The van der Waals surface area contributed by atoms with Gasteiger partial charge in [-0.05, 0) is 57.5 Å². The topological polar surface area (TPSA) is 49.4 Å². The van der Waals surface area contributed by atoms with Crippen molar-refractivity contribution in [2.24, 2.45) is 0 Å². The molecule has 29 heavy (non-hydrogen) atoms. The van der Waals surface area contributed by atoms with Crippen molar-refractivity contribution in [3.05, 3.63) is 68.9 Å². The highest BCUT2D eigenvalue weighted by atomic mass is 79.9. The van der Waals surface area contributed by atoms with E-state index in [2.05, 4.69) is 21.2 Å². The van der Waals surface area contributed by atoms with Gasteiger partial charge >= 0.3 is 0 Å². The van der Waals surface area contributed by atoms with Crippen molar-refractivity contribution >= 4 is 39.3 Å². The zero-order chi connectivity index (χ0) is 21.8. The minimum absolute atomic E-state index is 0.128. The van der Waals surface area contributed by atoms with Crippen molar-refractivity contribution in [1.29, 1.82) is 0 Å². The van der Waals surface area contributed by atoms with E-state index in [0.717, 1.165) is 10.0 Å². The Morgan fingerprint density at radius 1 is 1.17 bits per heavy atom. The molecule has 0 heterocycles. The van der Waals surface area contributed by atoms with Gasteiger partial charge in [0.15, 0.2) is 0 Å². The molecule has 156 valence electrons. The number of carbonyl (C=O) groups excluding carboxylic acids is 2. The monoisotopic (exact) mass is 482 g/mol. The molecule has 0 radical (unpaired) electrons. The van der Waals surface area contributed by atoms with Crippen LogP contribution in [0, 0.1) is 5.82 Å². The molecule has 2 aromatic carbocycles. The number of carbonyl (C=O) groups is 2. The van der Waals surface area contributed by atoms with Crippen molar-refractivity contribution in [2.45, 2.75) is 52.2 Å². The molecule has 1 N–H and O–H groups in total. The van der Waals surface area contributed by atoms with Crippen LogP contribution in [0.5, 0.6) is 0 Å². The highest BCUT2D eigenvalue weighted by Crippen LogP contribution is 2.22. The van der Waals surface area contributed by atoms with E-state index in [9.17, 15) is 14.0 Å². The first-order chi connectivity index (χ1) is 13.5. The summed E-state index contributed by atoms with van der Waals surface area (Å²) in [5.41, 5.74) is 0.548. The largest absolute Gasteiger partial charge is 0.350 e. The summed E-state index contributed by atoms with van der Waals surface area (Å²) in [6.07, 6.45) is -0.227. The summed E-state index contributed by atoms with van der Waals surface area (Å²) in [6.45, 7) is 7.50. The summed E-state index contributed by atoms with van der Waals surface area (Å²) in [5, 5.41) is 3.08. The Hall–Kier alpha value is -1.92. The van der Waals surface area contributed by atoms with Gasteiger partial charge in [-0.25, -0.2) is 4.39 Å². The molecule has 0 fully saturated rings. The van der Waals surface area contributed by atoms with Gasteiger partial charge < -0.3 is 10.2 Å². The van der Waals surface area contributed by atoms with Crippen LogP contribution in [0.15, 0.2) is 46.9 Å². The number of amides is 2. The predicted octanol–water partition coefficient (Wildman–Crippen LogP) is 5.12. The molecule has 2 amide bonds. The molecule has 0 saturated carbocycles. The molecule has 0 aliphatic rings. The molecule has 0 spiro atoms. The summed E-state index contributed by atoms with van der Waals surface area (Å²) >= 11 is 9.47. The molecular formula is C22H25BrClFN2O2. The van der Waals surface area contributed by atoms with Gasteiger partial charge in [-0.2, -0.15) is 0 Å². The molecule has 7 heteroatoms. The van der Waals surface area contributed by atoms with Crippen LogP contribution in [-0.4, -0.2) is 28.3 Å². The Morgan fingerprint density at radius 3 is 2.34 bits per heavy atom. The van der Waals surface area contributed by atoms with E-state index in [0.29, 0.717) is 0 Å². The summed E-state index contributed by atoms with van der Waals surface area (Å²) in [7, 11) is 0. The van der Waals surface area contributed by atoms with Gasteiger partial charge in [-0.15, -0.1) is 0 Å². The molecule has 2 rings (SSSR count). The summed E-state index contributed by atoms with van der Waals surface area (Å²) in [5.74, 6) is -1.19. The van der Waals surface area contributed by atoms with Gasteiger partial charge in [-0.1, -0.05) is 45.7 Å². The quantitative estimate of drug-likeness (QED) is 0.620. The predicted molar refractivity (Wildman–Crippen MR) is 117 cm³/mol. The van der Waals surface area contributed by atoms with Crippen molar-refractivity contribution in [1.82, 2.24) is 10.2 Å². The minimum Gasteiger partial charge on any atom is -0.350 e. The average Bonchev–Trinajstić information content (AvgIpc) is 2.62. The van der Waals surface area contributed by atoms with E-state index in [1.807, 2.05) is 45.0 Å². The first-order valence-electron chi connectivity index (χ1n) is 9.27. The molecule has 0 aliphatic carbocycles. The Bertz CT molecular complexity index is 861. The van der Waals surface area contributed by atoms with Gasteiger partial charge in [0, 0.05) is 27.1 Å².